The van der Waals surface area contributed by atoms with E-state index in [0.29, 0.717) is 6.54 Å². The Balaban J connectivity index is 0.000000284. The number of nitrogen functional groups attached to an aromatic ring is 2. The first-order chi connectivity index (χ1) is 23.3. The van der Waals surface area contributed by atoms with Gasteiger partial charge in [0.05, 0.1) is 30.3 Å². The molecule has 9 atom stereocenters. The van der Waals surface area contributed by atoms with Crippen LogP contribution >= 0.6 is 50.9 Å². The molecule has 0 aromatic carbocycles. The molecule has 0 aliphatic carbocycles. The van der Waals surface area contributed by atoms with Gasteiger partial charge in [0.1, 0.15) is 34.6 Å². The van der Waals surface area contributed by atoms with Gasteiger partial charge in [0.2, 0.25) is 0 Å². The van der Waals surface area contributed by atoms with E-state index in [2.05, 4.69) is 19.8 Å². The molecule has 27 heteroatoms. The first kappa shape index (κ1) is 42.3. The average Bonchev–Trinajstić information content (AvgIpc) is 3.47. The maximum Gasteiger partial charge on any atom is 0.472 e. The molecule has 2 aromatic rings. The summed E-state index contributed by atoms with van der Waals surface area (Å²) in [4.78, 5) is 68.7. The molecule has 50 heavy (non-hydrogen) atoms. The van der Waals surface area contributed by atoms with Crippen molar-refractivity contribution in [1.82, 2.24) is 24.4 Å². The third-order valence-corrected chi connectivity index (χ3v) is 11.8. The monoisotopic (exact) mass is 813 g/mol. The minimum atomic E-state index is -4.72. The third kappa shape index (κ3) is 12.2. The van der Waals surface area contributed by atoms with Gasteiger partial charge in [0.15, 0.2) is 12.3 Å². The number of halogens is 2. The molecular formula is C23H35F2N7O13P2S3. The fraction of sp³-hybridized carbons (Fsp3) is 0.609. The Hall–Kier alpha value is -2.12. The second-order valence-electron chi connectivity index (χ2n) is 10.1. The van der Waals surface area contributed by atoms with Gasteiger partial charge in [-0.05, 0) is 19.1 Å². The molecule has 4 rings (SSSR count). The largest absolute Gasteiger partial charge is 0.472 e. The normalized spacial score (nSPS) is 27.7. The molecule has 10 N–H and O–H groups in total. The van der Waals surface area contributed by atoms with Gasteiger partial charge in [-0.25, -0.2) is 27.5 Å². The fourth-order valence-corrected chi connectivity index (χ4v) is 9.09. The summed E-state index contributed by atoms with van der Waals surface area (Å²) in [5.74, 6) is 0.0905. The molecule has 2 aliphatic rings. The van der Waals surface area contributed by atoms with Crippen LogP contribution in [0.25, 0.3) is 0 Å². The number of nitrogens with one attached hydrogen (secondary N) is 1. The summed E-state index contributed by atoms with van der Waals surface area (Å²) in [5.41, 5.74) is 9.17. The lowest BCUT2D eigenvalue weighted by Gasteiger charge is -2.17. The van der Waals surface area contributed by atoms with Gasteiger partial charge >= 0.3 is 27.0 Å². The first-order valence-corrected chi connectivity index (χ1v) is 20.1. The molecule has 4 heterocycles. The van der Waals surface area contributed by atoms with Gasteiger partial charge in [-0.1, -0.05) is 11.8 Å². The summed E-state index contributed by atoms with van der Waals surface area (Å²) in [6.07, 6.45) is -4.21. The van der Waals surface area contributed by atoms with Gasteiger partial charge in [0, 0.05) is 24.7 Å². The van der Waals surface area contributed by atoms with Crippen LogP contribution in [0.2, 0.25) is 0 Å². The number of carbonyl (C=O) groups is 1. The molecule has 1 unspecified atom stereocenters. The van der Waals surface area contributed by atoms with Gasteiger partial charge in [-0.15, -0.1) is 23.5 Å². The fourth-order valence-electron chi connectivity index (χ4n) is 4.23. The Morgan fingerprint density at radius 3 is 1.80 bits per heavy atom. The molecule has 2 saturated heterocycles. The zero-order valence-electron chi connectivity index (χ0n) is 25.8. The minimum Gasteiger partial charge on any atom is -0.389 e. The number of rotatable bonds is 13. The van der Waals surface area contributed by atoms with Crippen molar-refractivity contribution in [1.29, 1.82) is 0 Å². The van der Waals surface area contributed by atoms with Crippen molar-refractivity contribution in [2.75, 3.05) is 43.6 Å². The van der Waals surface area contributed by atoms with Crippen LogP contribution in [0, 0.1) is 0 Å². The molecule has 2 aliphatic heterocycles. The van der Waals surface area contributed by atoms with Crippen molar-refractivity contribution in [3.05, 3.63) is 45.5 Å². The number of nitrogens with zero attached hydrogens (tertiary/aromatic N) is 4. The summed E-state index contributed by atoms with van der Waals surface area (Å²) in [6.45, 7) is 0.954. The van der Waals surface area contributed by atoms with Crippen molar-refractivity contribution in [2.24, 2.45) is 0 Å². The Labute approximate surface area is 294 Å². The Morgan fingerprint density at radius 2 is 1.38 bits per heavy atom. The Bertz CT molecular complexity index is 1680. The minimum absolute atomic E-state index is 0.0170. The lowest BCUT2D eigenvalue weighted by Crippen LogP contribution is -2.33. The SMILES string of the molecule is CCNC(=O)SCCOP(=O)(O)OC[C@H]1S[C@@H](n2ccc(N)nc2=O)[C@@H](F)[C@@H]1O.Nc1ccn([C@@H]2S[C@H](COP(=O)(O)O)[C@@H](O)[C@@H]2F)c(=O)n1. The number of hydrogen-bond acceptors (Lipinski definition) is 17. The molecular weight excluding hydrogens is 778 g/mol. The van der Waals surface area contributed by atoms with E-state index in [0.717, 1.165) is 44.4 Å². The summed E-state index contributed by atoms with van der Waals surface area (Å²) in [6, 6.07) is 2.62. The van der Waals surface area contributed by atoms with Crippen molar-refractivity contribution >= 4 is 67.8 Å². The van der Waals surface area contributed by atoms with Gasteiger partial charge in [0.25, 0.3) is 5.24 Å². The lowest BCUT2D eigenvalue weighted by atomic mass is 10.1. The maximum absolute atomic E-state index is 14.5. The second-order valence-corrected chi connectivity index (χ2v) is 16.6. The number of thioether (sulfide) groups is 3. The predicted octanol–water partition coefficient (Wildman–Crippen LogP) is -0.0174. The summed E-state index contributed by atoms with van der Waals surface area (Å²) < 4.78 is 66.9. The topological polar surface area (TPSA) is 314 Å². The van der Waals surface area contributed by atoms with E-state index in [1.165, 1.54) is 24.5 Å². The molecule has 0 bridgehead atoms. The van der Waals surface area contributed by atoms with E-state index >= 15 is 0 Å². The Kier molecular flexibility index (Phi) is 15.7. The maximum atomic E-state index is 14.5. The van der Waals surface area contributed by atoms with Crippen LogP contribution in [0.1, 0.15) is 17.7 Å². The van der Waals surface area contributed by atoms with Crippen molar-refractivity contribution < 1.29 is 61.2 Å². The van der Waals surface area contributed by atoms with Crippen LogP contribution in [-0.2, 0) is 22.7 Å². The quantitative estimate of drug-likeness (QED) is 0.0973. The molecule has 0 saturated carbocycles. The van der Waals surface area contributed by atoms with Crippen LogP contribution in [0.5, 0.6) is 0 Å². The number of nitrogens with two attached hydrogens (primary N) is 2. The summed E-state index contributed by atoms with van der Waals surface area (Å²) >= 11 is 2.58. The zero-order valence-corrected chi connectivity index (χ0v) is 30.0. The van der Waals surface area contributed by atoms with E-state index in [-0.39, 0.29) is 29.2 Å². The molecule has 2 aromatic heterocycles. The van der Waals surface area contributed by atoms with Crippen LogP contribution in [0.4, 0.5) is 25.2 Å². The van der Waals surface area contributed by atoms with Crippen molar-refractivity contribution in [3.8, 4) is 0 Å². The Morgan fingerprint density at radius 1 is 0.920 bits per heavy atom. The van der Waals surface area contributed by atoms with E-state index in [1.54, 1.807) is 6.92 Å². The second kappa shape index (κ2) is 18.6. The number of phosphoric ester groups is 2. The highest BCUT2D eigenvalue weighted by molar-refractivity contribution is 8.13. The number of phosphoric acid groups is 2. The number of amides is 1. The molecule has 0 spiro atoms. The number of hydrogen-bond donors (Lipinski definition) is 8. The van der Waals surface area contributed by atoms with Crippen LogP contribution in [-0.4, -0.2) is 116 Å². The van der Waals surface area contributed by atoms with Gasteiger partial charge < -0.3 is 41.7 Å². The number of aliphatic hydroxyl groups excluding tert-OH is 2. The van der Waals surface area contributed by atoms with Gasteiger partial charge in [-0.3, -0.25) is 27.5 Å². The molecule has 20 nitrogen and oxygen atoms in total. The lowest BCUT2D eigenvalue weighted by molar-refractivity contribution is 0.0595. The molecule has 0 radical (unpaired) electrons. The highest BCUT2D eigenvalue weighted by Gasteiger charge is 2.47. The average molecular weight is 814 g/mol. The number of anilines is 2. The standard InChI is InChI=1S/C14H22FN4O7PS2.C9H13FN3O6PS/c1-2-17-14(22)28-6-5-25-27(23,24)26-7-8-11(20)10(15)12(29-8)19-4-3-9(16)18-13(19)21;10-6-7(14)4(3-19-20(16,17)18)21-8(6)13-2-1-5(11)12-9(13)15/h3-4,8,10-12,20H,2,5-7H2,1H3,(H,17,22)(H,23,24)(H2,16,18,21);1-2,4,6-8,14H,3H2,(H2,11,12,15)(H2,16,17,18)/t8-,10+,11-,12-;4-,6+,7-,8-/m11/s1. The van der Waals surface area contributed by atoms with E-state index in [4.69, 9.17) is 30.3 Å². The predicted molar refractivity (Wildman–Crippen MR) is 180 cm³/mol. The summed E-state index contributed by atoms with van der Waals surface area (Å²) in [5, 5.41) is 18.0. The van der Waals surface area contributed by atoms with Gasteiger partial charge in [-0.2, -0.15) is 9.97 Å². The molecule has 2 fully saturated rings. The van der Waals surface area contributed by atoms with Crippen molar-refractivity contribution in [3.63, 3.8) is 0 Å². The van der Waals surface area contributed by atoms with E-state index in [9.17, 15) is 47.4 Å². The summed E-state index contributed by atoms with van der Waals surface area (Å²) in [7, 11) is -9.18. The molecule has 1 amide bonds. The molecule has 282 valence electrons. The van der Waals surface area contributed by atoms with Crippen molar-refractivity contribution in [2.45, 2.75) is 52.7 Å². The van der Waals surface area contributed by atoms with Crippen LogP contribution < -0.4 is 28.2 Å². The number of aromatic nitrogens is 4. The number of alkyl halides is 2. The third-order valence-electron chi connectivity index (χ3n) is 6.54. The smallest absolute Gasteiger partial charge is 0.389 e. The first-order valence-electron chi connectivity index (χ1n) is 14.2. The van der Waals surface area contributed by atoms with E-state index < -0.39 is 86.0 Å². The van der Waals surface area contributed by atoms with E-state index in [1.807, 2.05) is 0 Å². The number of aliphatic hydroxyl groups is 2. The zero-order chi connectivity index (χ0) is 37.4. The highest BCUT2D eigenvalue weighted by Crippen LogP contribution is 2.48. The van der Waals surface area contributed by atoms with Crippen LogP contribution in [0.3, 0.4) is 0 Å². The highest BCUT2D eigenvalue weighted by atomic mass is 32.2. The number of carbonyl (C=O) groups excluding carboxylic acids is 1. The van der Waals surface area contributed by atoms with Crippen LogP contribution in [0.15, 0.2) is 34.1 Å².